The molecule has 0 spiro atoms. The molecule has 4 nitrogen and oxygen atoms in total. The fourth-order valence-corrected chi connectivity index (χ4v) is 3.11. The second kappa shape index (κ2) is 5.74. The molecule has 1 fully saturated rings. The maximum absolute atomic E-state index is 11.2. The highest BCUT2D eigenvalue weighted by atomic mass is 16.4. The molecule has 1 aliphatic heterocycles. The second-order valence-electron chi connectivity index (χ2n) is 5.70. The first-order valence-corrected chi connectivity index (χ1v) is 7.30. The van der Waals surface area contributed by atoms with Crippen LogP contribution in [0.4, 0.5) is 0 Å². The summed E-state index contributed by atoms with van der Waals surface area (Å²) in [4.78, 5) is 13.3. The second-order valence-corrected chi connectivity index (χ2v) is 5.70. The number of carbonyl (C=O) groups is 1. The van der Waals surface area contributed by atoms with Gasteiger partial charge >= 0.3 is 5.97 Å². The number of likely N-dealkylation sites (tertiary alicyclic amines) is 1. The van der Waals surface area contributed by atoms with Crippen molar-refractivity contribution in [1.82, 2.24) is 4.90 Å². The lowest BCUT2D eigenvalue weighted by molar-refractivity contribution is -0.143. The van der Waals surface area contributed by atoms with Gasteiger partial charge in [-0.3, -0.25) is 9.69 Å². The van der Waals surface area contributed by atoms with Crippen LogP contribution in [0.1, 0.15) is 18.4 Å². The SMILES string of the molecule is O=C(O)C1CCCN(Cc2c(O)ccc3ccccc23)C1. The maximum Gasteiger partial charge on any atom is 0.307 e. The Balaban J connectivity index is 1.87. The molecule has 110 valence electrons. The number of piperidine rings is 1. The van der Waals surface area contributed by atoms with Crippen molar-refractivity contribution >= 4 is 16.7 Å². The molecule has 1 atom stereocenters. The van der Waals surface area contributed by atoms with Crippen molar-refractivity contribution in [2.75, 3.05) is 13.1 Å². The zero-order chi connectivity index (χ0) is 14.8. The van der Waals surface area contributed by atoms with Crippen LogP contribution in [0.15, 0.2) is 36.4 Å². The predicted octanol–water partition coefficient (Wildman–Crippen LogP) is 2.84. The van der Waals surface area contributed by atoms with E-state index in [0.29, 0.717) is 13.1 Å². The van der Waals surface area contributed by atoms with Crippen molar-refractivity contribution in [3.8, 4) is 5.75 Å². The molecule has 0 amide bonds. The van der Waals surface area contributed by atoms with E-state index in [-0.39, 0.29) is 11.7 Å². The minimum Gasteiger partial charge on any atom is -0.508 e. The molecule has 1 aliphatic rings. The fraction of sp³-hybridized carbons (Fsp3) is 0.353. The number of hydrogen-bond donors (Lipinski definition) is 2. The van der Waals surface area contributed by atoms with Crippen LogP contribution < -0.4 is 0 Å². The molecule has 1 unspecified atom stereocenters. The number of nitrogens with zero attached hydrogens (tertiary/aromatic N) is 1. The van der Waals surface area contributed by atoms with Crippen molar-refractivity contribution in [2.24, 2.45) is 5.92 Å². The highest BCUT2D eigenvalue weighted by Gasteiger charge is 2.26. The van der Waals surface area contributed by atoms with Gasteiger partial charge in [-0.15, -0.1) is 0 Å². The van der Waals surface area contributed by atoms with Crippen molar-refractivity contribution < 1.29 is 15.0 Å². The van der Waals surface area contributed by atoms with E-state index < -0.39 is 5.97 Å². The lowest BCUT2D eigenvalue weighted by Gasteiger charge is -2.31. The minimum absolute atomic E-state index is 0.283. The van der Waals surface area contributed by atoms with E-state index in [1.54, 1.807) is 6.07 Å². The van der Waals surface area contributed by atoms with Gasteiger partial charge in [-0.1, -0.05) is 30.3 Å². The van der Waals surface area contributed by atoms with Gasteiger partial charge in [0.15, 0.2) is 0 Å². The summed E-state index contributed by atoms with van der Waals surface area (Å²) in [6, 6.07) is 11.6. The summed E-state index contributed by atoms with van der Waals surface area (Å²) in [5.74, 6) is -0.733. The summed E-state index contributed by atoms with van der Waals surface area (Å²) in [5.41, 5.74) is 0.888. The van der Waals surface area contributed by atoms with Gasteiger partial charge in [0.05, 0.1) is 5.92 Å². The van der Waals surface area contributed by atoms with E-state index in [0.717, 1.165) is 35.7 Å². The van der Waals surface area contributed by atoms with Crippen LogP contribution in [0, 0.1) is 5.92 Å². The molecule has 0 bridgehead atoms. The molecule has 0 radical (unpaired) electrons. The zero-order valence-corrected chi connectivity index (χ0v) is 11.8. The van der Waals surface area contributed by atoms with Gasteiger partial charge in [0.25, 0.3) is 0 Å². The van der Waals surface area contributed by atoms with E-state index in [2.05, 4.69) is 4.90 Å². The molecule has 0 aromatic heterocycles. The smallest absolute Gasteiger partial charge is 0.307 e. The largest absolute Gasteiger partial charge is 0.508 e. The third-order valence-electron chi connectivity index (χ3n) is 4.25. The van der Waals surface area contributed by atoms with Gasteiger partial charge in [-0.2, -0.15) is 0 Å². The van der Waals surface area contributed by atoms with Gasteiger partial charge in [-0.05, 0) is 36.2 Å². The molecular weight excluding hydrogens is 266 g/mol. The Hall–Kier alpha value is -2.07. The van der Waals surface area contributed by atoms with E-state index in [4.69, 9.17) is 0 Å². The van der Waals surface area contributed by atoms with E-state index in [9.17, 15) is 15.0 Å². The lowest BCUT2D eigenvalue weighted by atomic mass is 9.96. The molecule has 0 saturated carbocycles. The van der Waals surface area contributed by atoms with Crippen molar-refractivity contribution in [1.29, 1.82) is 0 Å². The van der Waals surface area contributed by atoms with E-state index >= 15 is 0 Å². The summed E-state index contributed by atoms with van der Waals surface area (Å²) in [7, 11) is 0. The van der Waals surface area contributed by atoms with E-state index in [1.807, 2.05) is 30.3 Å². The number of phenolic OH excluding ortho intramolecular Hbond substituents is 1. The predicted molar refractivity (Wildman–Crippen MR) is 81.2 cm³/mol. The number of rotatable bonds is 3. The van der Waals surface area contributed by atoms with Crippen LogP contribution in [-0.2, 0) is 11.3 Å². The van der Waals surface area contributed by atoms with Crippen molar-refractivity contribution in [3.05, 3.63) is 42.0 Å². The Morgan fingerprint density at radius 2 is 2.05 bits per heavy atom. The molecule has 3 rings (SSSR count). The first-order chi connectivity index (χ1) is 10.1. The van der Waals surface area contributed by atoms with Crippen LogP contribution in [0.2, 0.25) is 0 Å². The number of carboxylic acids is 1. The normalized spacial score (nSPS) is 19.7. The standard InChI is InChI=1S/C17H19NO3/c19-16-8-7-12-4-1-2-6-14(12)15(16)11-18-9-3-5-13(10-18)17(20)21/h1-2,4,6-8,13,19H,3,5,9-11H2,(H,20,21). The van der Waals surface area contributed by atoms with Crippen molar-refractivity contribution in [2.45, 2.75) is 19.4 Å². The molecular formula is C17H19NO3. The van der Waals surface area contributed by atoms with E-state index in [1.165, 1.54) is 0 Å². The van der Waals surface area contributed by atoms with Gasteiger partial charge in [0.2, 0.25) is 0 Å². The Kier molecular flexibility index (Phi) is 3.80. The Labute approximate surface area is 123 Å². The van der Waals surface area contributed by atoms with Gasteiger partial charge in [0.1, 0.15) is 5.75 Å². The molecule has 4 heteroatoms. The van der Waals surface area contributed by atoms with Gasteiger partial charge in [0, 0.05) is 18.7 Å². The molecule has 2 aromatic carbocycles. The van der Waals surface area contributed by atoms with Crippen LogP contribution in [0.5, 0.6) is 5.75 Å². The first kappa shape index (κ1) is 13.9. The number of aromatic hydroxyl groups is 1. The van der Waals surface area contributed by atoms with Crippen LogP contribution in [0.25, 0.3) is 10.8 Å². The minimum atomic E-state index is -0.721. The highest BCUT2D eigenvalue weighted by molar-refractivity contribution is 5.87. The third-order valence-corrected chi connectivity index (χ3v) is 4.25. The molecule has 21 heavy (non-hydrogen) atoms. The van der Waals surface area contributed by atoms with Crippen LogP contribution >= 0.6 is 0 Å². The first-order valence-electron chi connectivity index (χ1n) is 7.30. The average molecular weight is 285 g/mol. The monoisotopic (exact) mass is 285 g/mol. The van der Waals surface area contributed by atoms with Crippen molar-refractivity contribution in [3.63, 3.8) is 0 Å². The number of hydrogen-bond acceptors (Lipinski definition) is 3. The summed E-state index contributed by atoms with van der Waals surface area (Å²) in [6.07, 6.45) is 1.63. The summed E-state index contributed by atoms with van der Waals surface area (Å²) in [6.45, 7) is 2.03. The zero-order valence-electron chi connectivity index (χ0n) is 11.8. The quantitative estimate of drug-likeness (QED) is 0.910. The molecule has 0 aliphatic carbocycles. The van der Waals surface area contributed by atoms with Crippen LogP contribution in [-0.4, -0.2) is 34.2 Å². The molecule has 2 aromatic rings. The molecule has 1 saturated heterocycles. The summed E-state index contributed by atoms with van der Waals surface area (Å²) >= 11 is 0. The summed E-state index contributed by atoms with van der Waals surface area (Å²) in [5, 5.41) is 21.5. The topological polar surface area (TPSA) is 60.8 Å². The maximum atomic E-state index is 11.2. The Morgan fingerprint density at radius 1 is 1.24 bits per heavy atom. The highest BCUT2D eigenvalue weighted by Crippen LogP contribution is 2.29. The number of phenols is 1. The number of aliphatic carboxylic acids is 1. The third kappa shape index (κ3) is 2.85. The number of carboxylic acid groups (broad SMARTS) is 1. The Bertz CT molecular complexity index is 668. The molecule has 2 N–H and O–H groups in total. The number of benzene rings is 2. The van der Waals surface area contributed by atoms with Gasteiger partial charge in [-0.25, -0.2) is 0 Å². The van der Waals surface area contributed by atoms with Gasteiger partial charge < -0.3 is 10.2 Å². The lowest BCUT2D eigenvalue weighted by Crippen LogP contribution is -2.38. The number of fused-ring (bicyclic) bond motifs is 1. The summed E-state index contributed by atoms with van der Waals surface area (Å²) < 4.78 is 0. The van der Waals surface area contributed by atoms with Crippen LogP contribution in [0.3, 0.4) is 0 Å². The fourth-order valence-electron chi connectivity index (χ4n) is 3.11. The Morgan fingerprint density at radius 3 is 2.86 bits per heavy atom. The molecule has 1 heterocycles. The average Bonchev–Trinajstić information content (AvgIpc) is 2.50.